The van der Waals surface area contributed by atoms with Crippen LogP contribution < -0.4 is 0 Å². The van der Waals surface area contributed by atoms with Gasteiger partial charge in [-0.3, -0.25) is 0 Å². The molecule has 0 radical (unpaired) electrons. The molecule has 0 amide bonds. The Morgan fingerprint density at radius 1 is 1.25 bits per heavy atom. The fourth-order valence-electron chi connectivity index (χ4n) is 0.941. The average Bonchev–Trinajstić information content (AvgIpc) is 1.84. The Bertz CT molecular complexity index is 176. The predicted octanol–water partition coefficient (Wildman–Crippen LogP) is 1.64. The van der Waals surface area contributed by atoms with Gasteiger partial charge in [-0.25, -0.2) is 0 Å². The van der Waals surface area contributed by atoms with Crippen LogP contribution >= 0.6 is 0 Å². The number of hydrogen-bond acceptors (Lipinski definition) is 2. The molecule has 0 fully saturated rings. The first-order valence-corrected chi connectivity index (χ1v) is 4.17. The van der Waals surface area contributed by atoms with Crippen LogP contribution in [-0.2, 0) is 0 Å². The molecular formula is C10H18O2. The van der Waals surface area contributed by atoms with Gasteiger partial charge in [-0.15, -0.1) is 0 Å². The number of rotatable bonds is 4. The third-order valence-electron chi connectivity index (χ3n) is 1.47. The fourth-order valence-corrected chi connectivity index (χ4v) is 0.941. The largest absolute Gasteiger partial charge is 0.396 e. The van der Waals surface area contributed by atoms with Crippen molar-refractivity contribution in [2.24, 2.45) is 0 Å². The van der Waals surface area contributed by atoms with Crippen molar-refractivity contribution in [2.45, 2.75) is 33.3 Å². The van der Waals surface area contributed by atoms with Gasteiger partial charge in [0.25, 0.3) is 0 Å². The number of aliphatic hydroxyl groups is 2. The Hall–Kier alpha value is -0.600. The topological polar surface area (TPSA) is 40.5 Å². The summed E-state index contributed by atoms with van der Waals surface area (Å²) in [6, 6.07) is 0. The minimum atomic E-state index is -0.512. The monoisotopic (exact) mass is 170 g/mol. The summed E-state index contributed by atoms with van der Waals surface area (Å²) in [5.74, 6) is 0. The van der Waals surface area contributed by atoms with Crippen molar-refractivity contribution in [3.8, 4) is 0 Å². The van der Waals surface area contributed by atoms with Gasteiger partial charge in [-0.2, -0.15) is 0 Å². The van der Waals surface area contributed by atoms with Gasteiger partial charge in [0.1, 0.15) is 0 Å². The van der Waals surface area contributed by atoms with Crippen LogP contribution in [0.25, 0.3) is 0 Å². The highest BCUT2D eigenvalue weighted by Gasteiger charge is 1.95. The quantitative estimate of drug-likeness (QED) is 0.630. The molecule has 0 saturated carbocycles. The zero-order chi connectivity index (χ0) is 9.56. The normalized spacial score (nSPS) is 14.2. The molecule has 0 aromatic carbocycles. The summed E-state index contributed by atoms with van der Waals surface area (Å²) >= 11 is 0. The molecule has 0 rings (SSSR count). The Morgan fingerprint density at radius 3 is 2.25 bits per heavy atom. The van der Waals surface area contributed by atoms with Gasteiger partial charge in [0.05, 0.1) is 6.10 Å². The van der Waals surface area contributed by atoms with E-state index >= 15 is 0 Å². The van der Waals surface area contributed by atoms with Crippen LogP contribution in [0.2, 0.25) is 0 Å². The van der Waals surface area contributed by atoms with Crippen molar-refractivity contribution in [1.82, 2.24) is 0 Å². The molecule has 2 heteroatoms. The summed E-state index contributed by atoms with van der Waals surface area (Å²) in [5, 5.41) is 18.0. The zero-order valence-electron chi connectivity index (χ0n) is 8.04. The Kier molecular flexibility index (Phi) is 5.68. The molecule has 2 N–H and O–H groups in total. The standard InChI is InChI=1S/C10H18O2/c1-8(2)6-10(12)7-9(3)4-5-11/h6-7,10-12H,4-5H2,1-3H3. The van der Waals surface area contributed by atoms with E-state index in [4.69, 9.17) is 5.11 Å². The summed E-state index contributed by atoms with van der Waals surface area (Å²) in [6.45, 7) is 5.93. The second-order valence-electron chi connectivity index (χ2n) is 3.22. The van der Waals surface area contributed by atoms with Crippen LogP contribution in [0.5, 0.6) is 0 Å². The molecule has 0 spiro atoms. The molecule has 0 aliphatic rings. The highest BCUT2D eigenvalue weighted by Crippen LogP contribution is 2.03. The summed E-state index contributed by atoms with van der Waals surface area (Å²) in [5.41, 5.74) is 2.11. The van der Waals surface area contributed by atoms with Crippen LogP contribution in [0.3, 0.4) is 0 Å². The van der Waals surface area contributed by atoms with E-state index in [1.165, 1.54) is 0 Å². The number of aliphatic hydroxyl groups excluding tert-OH is 2. The molecule has 0 saturated heterocycles. The maximum Gasteiger partial charge on any atom is 0.0907 e. The van der Waals surface area contributed by atoms with Gasteiger partial charge in [0.15, 0.2) is 0 Å². The van der Waals surface area contributed by atoms with Crippen LogP contribution in [0, 0.1) is 0 Å². The smallest absolute Gasteiger partial charge is 0.0907 e. The fraction of sp³-hybridized carbons (Fsp3) is 0.600. The van der Waals surface area contributed by atoms with Gasteiger partial charge in [-0.1, -0.05) is 23.3 Å². The molecule has 0 aromatic rings. The van der Waals surface area contributed by atoms with Gasteiger partial charge in [0.2, 0.25) is 0 Å². The van der Waals surface area contributed by atoms with Gasteiger partial charge in [0, 0.05) is 6.61 Å². The molecule has 0 aromatic heterocycles. The van der Waals surface area contributed by atoms with E-state index in [-0.39, 0.29) is 6.61 Å². The minimum Gasteiger partial charge on any atom is -0.396 e. The van der Waals surface area contributed by atoms with E-state index in [1.807, 2.05) is 20.8 Å². The SMILES string of the molecule is CC(C)=CC(O)C=C(C)CCO. The van der Waals surface area contributed by atoms with Gasteiger partial charge < -0.3 is 10.2 Å². The number of allylic oxidation sites excluding steroid dienone is 1. The van der Waals surface area contributed by atoms with E-state index in [2.05, 4.69) is 0 Å². The molecule has 0 aliphatic carbocycles. The van der Waals surface area contributed by atoms with Gasteiger partial charge >= 0.3 is 0 Å². The lowest BCUT2D eigenvalue weighted by Gasteiger charge is -2.02. The number of hydrogen-bond donors (Lipinski definition) is 2. The van der Waals surface area contributed by atoms with Crippen molar-refractivity contribution >= 4 is 0 Å². The van der Waals surface area contributed by atoms with Crippen molar-refractivity contribution < 1.29 is 10.2 Å². The summed E-state index contributed by atoms with van der Waals surface area (Å²) < 4.78 is 0. The van der Waals surface area contributed by atoms with Gasteiger partial charge in [-0.05, 0) is 27.2 Å². The second-order valence-corrected chi connectivity index (χ2v) is 3.22. The third-order valence-corrected chi connectivity index (χ3v) is 1.47. The van der Waals surface area contributed by atoms with Crippen molar-refractivity contribution in [2.75, 3.05) is 6.61 Å². The first-order chi connectivity index (χ1) is 5.56. The Morgan fingerprint density at radius 2 is 1.83 bits per heavy atom. The molecule has 1 unspecified atom stereocenters. The Balaban J connectivity index is 4.04. The predicted molar refractivity (Wildman–Crippen MR) is 50.9 cm³/mol. The molecule has 0 heterocycles. The van der Waals surface area contributed by atoms with Crippen LogP contribution in [-0.4, -0.2) is 22.9 Å². The molecule has 2 nitrogen and oxygen atoms in total. The lowest BCUT2D eigenvalue weighted by atomic mass is 10.1. The maximum absolute atomic E-state index is 9.38. The molecular weight excluding hydrogens is 152 g/mol. The molecule has 70 valence electrons. The lowest BCUT2D eigenvalue weighted by molar-refractivity contribution is 0.267. The highest BCUT2D eigenvalue weighted by molar-refractivity contribution is 5.11. The molecule has 0 aliphatic heterocycles. The maximum atomic E-state index is 9.38. The van der Waals surface area contributed by atoms with E-state index < -0.39 is 6.10 Å². The third kappa shape index (κ3) is 6.13. The zero-order valence-corrected chi connectivity index (χ0v) is 8.04. The minimum absolute atomic E-state index is 0.143. The average molecular weight is 170 g/mol. The van der Waals surface area contributed by atoms with Crippen molar-refractivity contribution in [3.63, 3.8) is 0 Å². The summed E-state index contributed by atoms with van der Waals surface area (Å²) in [7, 11) is 0. The van der Waals surface area contributed by atoms with Crippen LogP contribution in [0.15, 0.2) is 23.3 Å². The first kappa shape index (κ1) is 11.4. The highest BCUT2D eigenvalue weighted by atomic mass is 16.3. The first-order valence-electron chi connectivity index (χ1n) is 4.17. The van der Waals surface area contributed by atoms with Crippen LogP contribution in [0.1, 0.15) is 27.2 Å². The summed E-state index contributed by atoms with van der Waals surface area (Å²) in [4.78, 5) is 0. The Labute approximate surface area is 74.2 Å². The molecule has 0 bridgehead atoms. The van der Waals surface area contributed by atoms with E-state index in [9.17, 15) is 5.11 Å². The summed E-state index contributed by atoms with van der Waals surface area (Å²) in [6.07, 6.45) is 3.65. The van der Waals surface area contributed by atoms with Crippen molar-refractivity contribution in [1.29, 1.82) is 0 Å². The van der Waals surface area contributed by atoms with E-state index in [0.717, 1.165) is 11.1 Å². The van der Waals surface area contributed by atoms with Crippen molar-refractivity contribution in [3.05, 3.63) is 23.3 Å². The van der Waals surface area contributed by atoms with E-state index in [0.29, 0.717) is 6.42 Å². The lowest BCUT2D eigenvalue weighted by Crippen LogP contribution is -1.99. The molecule has 1 atom stereocenters. The molecule has 12 heavy (non-hydrogen) atoms. The second kappa shape index (κ2) is 5.98. The van der Waals surface area contributed by atoms with E-state index in [1.54, 1.807) is 12.2 Å². The van der Waals surface area contributed by atoms with Crippen LogP contribution in [0.4, 0.5) is 0 Å².